The molecule has 0 radical (unpaired) electrons. The Balaban J connectivity index is 2.41. The van der Waals surface area contributed by atoms with Crippen LogP contribution in [-0.4, -0.2) is 19.8 Å². The first kappa shape index (κ1) is 12.5. The number of ether oxygens (including phenoxy) is 2. The SMILES string of the molecule is [N-]=[N+]=NCC1(c2ccc(Cl)cc2Cl)OCCO1. The average Bonchev–Trinajstić information content (AvgIpc) is 2.76. The third-order valence-corrected chi connectivity index (χ3v) is 2.99. The quantitative estimate of drug-likeness (QED) is 0.481. The molecule has 7 heteroatoms. The summed E-state index contributed by atoms with van der Waals surface area (Å²) in [4.78, 5) is 2.71. The van der Waals surface area contributed by atoms with Gasteiger partial charge in [0.1, 0.15) is 0 Å². The van der Waals surface area contributed by atoms with Crippen molar-refractivity contribution in [3.8, 4) is 0 Å². The van der Waals surface area contributed by atoms with Crippen molar-refractivity contribution in [2.45, 2.75) is 5.79 Å². The van der Waals surface area contributed by atoms with Gasteiger partial charge in [0.2, 0.25) is 5.79 Å². The van der Waals surface area contributed by atoms with Crippen LogP contribution in [0, 0.1) is 0 Å². The molecule has 0 amide bonds. The van der Waals surface area contributed by atoms with Crippen LogP contribution in [0.2, 0.25) is 10.0 Å². The molecule has 0 unspecified atom stereocenters. The first-order valence-electron chi connectivity index (χ1n) is 4.92. The van der Waals surface area contributed by atoms with Crippen molar-refractivity contribution in [3.05, 3.63) is 44.3 Å². The molecule has 17 heavy (non-hydrogen) atoms. The highest BCUT2D eigenvalue weighted by atomic mass is 35.5. The van der Waals surface area contributed by atoms with Gasteiger partial charge in [-0.2, -0.15) is 0 Å². The van der Waals surface area contributed by atoms with Crippen LogP contribution in [-0.2, 0) is 15.3 Å². The molecule has 1 aromatic carbocycles. The molecule has 0 spiro atoms. The van der Waals surface area contributed by atoms with E-state index >= 15 is 0 Å². The molecule has 1 aliphatic rings. The lowest BCUT2D eigenvalue weighted by Gasteiger charge is -2.26. The number of halogens is 2. The molecule has 0 aromatic heterocycles. The zero-order valence-electron chi connectivity index (χ0n) is 8.77. The fourth-order valence-electron chi connectivity index (χ4n) is 1.71. The molecule has 90 valence electrons. The Bertz CT molecular complexity index is 469. The first-order valence-corrected chi connectivity index (χ1v) is 5.68. The van der Waals surface area contributed by atoms with E-state index < -0.39 is 5.79 Å². The Labute approximate surface area is 108 Å². The molecule has 2 rings (SSSR count). The van der Waals surface area contributed by atoms with Gasteiger partial charge in [-0.25, -0.2) is 0 Å². The van der Waals surface area contributed by atoms with Crippen molar-refractivity contribution < 1.29 is 9.47 Å². The molecule has 5 nitrogen and oxygen atoms in total. The van der Waals surface area contributed by atoms with E-state index in [9.17, 15) is 0 Å². The Morgan fingerprint density at radius 1 is 1.35 bits per heavy atom. The van der Waals surface area contributed by atoms with Crippen LogP contribution >= 0.6 is 23.2 Å². The molecule has 0 atom stereocenters. The van der Waals surface area contributed by atoms with E-state index in [2.05, 4.69) is 10.0 Å². The van der Waals surface area contributed by atoms with E-state index in [-0.39, 0.29) is 6.54 Å². The number of hydrogen-bond donors (Lipinski definition) is 0. The van der Waals surface area contributed by atoms with Crippen LogP contribution < -0.4 is 0 Å². The van der Waals surface area contributed by atoms with Crippen LogP contribution in [0.15, 0.2) is 23.3 Å². The summed E-state index contributed by atoms with van der Waals surface area (Å²) in [6, 6.07) is 5.00. The number of benzene rings is 1. The summed E-state index contributed by atoms with van der Waals surface area (Å²) in [5.41, 5.74) is 9.01. The minimum atomic E-state index is -1.09. The van der Waals surface area contributed by atoms with E-state index in [1.165, 1.54) is 0 Å². The number of azide groups is 1. The Kier molecular flexibility index (Phi) is 3.76. The number of rotatable bonds is 3. The average molecular weight is 274 g/mol. The van der Waals surface area contributed by atoms with E-state index in [0.717, 1.165) is 0 Å². The minimum Gasteiger partial charge on any atom is -0.343 e. The van der Waals surface area contributed by atoms with Crippen molar-refractivity contribution in [2.75, 3.05) is 19.8 Å². The van der Waals surface area contributed by atoms with Gasteiger partial charge in [-0.15, -0.1) is 0 Å². The number of nitrogens with zero attached hydrogens (tertiary/aromatic N) is 3. The third kappa shape index (κ3) is 2.49. The fourth-order valence-corrected chi connectivity index (χ4v) is 2.26. The summed E-state index contributed by atoms with van der Waals surface area (Å²) >= 11 is 11.9. The smallest absolute Gasteiger partial charge is 0.202 e. The second kappa shape index (κ2) is 5.12. The molecule has 0 bridgehead atoms. The molecular weight excluding hydrogens is 265 g/mol. The lowest BCUT2D eigenvalue weighted by Crippen LogP contribution is -2.31. The Hall–Kier alpha value is -0.970. The second-order valence-electron chi connectivity index (χ2n) is 3.46. The van der Waals surface area contributed by atoms with E-state index in [4.69, 9.17) is 38.2 Å². The lowest BCUT2D eigenvalue weighted by atomic mass is 10.1. The van der Waals surface area contributed by atoms with E-state index in [0.29, 0.717) is 28.8 Å². The van der Waals surface area contributed by atoms with Crippen LogP contribution in [0.1, 0.15) is 5.56 Å². The maximum atomic E-state index is 8.39. The van der Waals surface area contributed by atoms with Gasteiger partial charge < -0.3 is 9.47 Å². The summed E-state index contributed by atoms with van der Waals surface area (Å²) in [5, 5.41) is 4.45. The fraction of sp³-hybridized carbons (Fsp3) is 0.400. The highest BCUT2D eigenvalue weighted by Crippen LogP contribution is 2.37. The highest BCUT2D eigenvalue weighted by Gasteiger charge is 2.39. The molecule has 0 aliphatic carbocycles. The highest BCUT2D eigenvalue weighted by molar-refractivity contribution is 6.35. The van der Waals surface area contributed by atoms with E-state index in [1.807, 2.05) is 0 Å². The van der Waals surface area contributed by atoms with Crippen molar-refractivity contribution in [2.24, 2.45) is 5.11 Å². The van der Waals surface area contributed by atoms with E-state index in [1.54, 1.807) is 18.2 Å². The lowest BCUT2D eigenvalue weighted by molar-refractivity contribution is -0.156. The monoisotopic (exact) mass is 273 g/mol. The summed E-state index contributed by atoms with van der Waals surface area (Å²) in [5.74, 6) is -1.09. The molecule has 1 saturated heterocycles. The maximum Gasteiger partial charge on any atom is 0.202 e. The zero-order valence-corrected chi connectivity index (χ0v) is 10.3. The van der Waals surface area contributed by atoms with Crippen molar-refractivity contribution in [1.82, 2.24) is 0 Å². The van der Waals surface area contributed by atoms with Gasteiger partial charge in [-0.05, 0) is 17.7 Å². The predicted molar refractivity (Wildman–Crippen MR) is 64.1 cm³/mol. The topological polar surface area (TPSA) is 67.2 Å². The standard InChI is InChI=1S/C10H9Cl2N3O2/c11-7-1-2-8(9(12)5-7)10(6-14-15-13)16-3-4-17-10/h1-2,5H,3-4,6H2. The van der Waals surface area contributed by atoms with Gasteiger partial charge in [0.05, 0.1) is 24.8 Å². The molecule has 1 fully saturated rings. The Morgan fingerprint density at radius 2 is 2.06 bits per heavy atom. The van der Waals surface area contributed by atoms with Crippen molar-refractivity contribution in [3.63, 3.8) is 0 Å². The van der Waals surface area contributed by atoms with Gasteiger partial charge in [-0.3, -0.25) is 0 Å². The summed E-state index contributed by atoms with van der Waals surface area (Å²) < 4.78 is 11.1. The van der Waals surface area contributed by atoms with Crippen LogP contribution in [0.25, 0.3) is 10.4 Å². The van der Waals surface area contributed by atoms with Gasteiger partial charge in [0.15, 0.2) is 0 Å². The molecule has 1 aromatic rings. The van der Waals surface area contributed by atoms with Crippen LogP contribution in [0.4, 0.5) is 0 Å². The predicted octanol–water partition coefficient (Wildman–Crippen LogP) is 3.50. The normalized spacial score (nSPS) is 17.8. The molecule has 0 N–H and O–H groups in total. The van der Waals surface area contributed by atoms with Gasteiger partial charge in [0.25, 0.3) is 0 Å². The summed E-state index contributed by atoms with van der Waals surface area (Å²) in [6.07, 6.45) is 0. The van der Waals surface area contributed by atoms with Crippen molar-refractivity contribution >= 4 is 23.2 Å². The largest absolute Gasteiger partial charge is 0.343 e. The number of hydrogen-bond acceptors (Lipinski definition) is 3. The van der Waals surface area contributed by atoms with Crippen LogP contribution in [0.3, 0.4) is 0 Å². The van der Waals surface area contributed by atoms with Crippen molar-refractivity contribution in [1.29, 1.82) is 0 Å². The maximum absolute atomic E-state index is 8.39. The summed E-state index contributed by atoms with van der Waals surface area (Å²) in [7, 11) is 0. The zero-order chi connectivity index (χ0) is 12.3. The van der Waals surface area contributed by atoms with Gasteiger partial charge in [-0.1, -0.05) is 34.4 Å². The van der Waals surface area contributed by atoms with Gasteiger partial charge >= 0.3 is 0 Å². The molecule has 1 aliphatic heterocycles. The minimum absolute atomic E-state index is 0.0326. The third-order valence-electron chi connectivity index (χ3n) is 2.44. The van der Waals surface area contributed by atoms with Gasteiger partial charge in [0, 0.05) is 15.5 Å². The molecule has 1 heterocycles. The Morgan fingerprint density at radius 3 is 2.65 bits per heavy atom. The summed E-state index contributed by atoms with van der Waals surface area (Å²) in [6.45, 7) is 0.894. The molecular formula is C10H9Cl2N3O2. The first-order chi connectivity index (χ1) is 8.18. The second-order valence-corrected chi connectivity index (χ2v) is 4.31. The molecule has 0 saturated carbocycles. The van der Waals surface area contributed by atoms with Crippen LogP contribution in [0.5, 0.6) is 0 Å².